The van der Waals surface area contributed by atoms with Gasteiger partial charge in [-0.05, 0) is 30.3 Å². The second-order valence-corrected chi connectivity index (χ2v) is 6.11. The number of hydrogen-bond acceptors (Lipinski definition) is 3. The molecule has 2 aromatic carbocycles. The highest BCUT2D eigenvalue weighted by atomic mass is 35.5. The summed E-state index contributed by atoms with van der Waals surface area (Å²) in [4.78, 5) is 16.3. The van der Waals surface area contributed by atoms with Crippen molar-refractivity contribution in [3.63, 3.8) is 0 Å². The standard InChI is InChI=1S/C18H15Cl2N3O2/c19-13-6-7-15(20)16(10-13)23-18(24)21-9-8-14-11-25-17(22-14)12-4-2-1-3-5-12/h1-7,10-11H,8-9H2,(H2,21,23,24). The third-order valence-corrected chi connectivity index (χ3v) is 3.98. The first-order valence-electron chi connectivity index (χ1n) is 7.61. The number of hydrogen-bond donors (Lipinski definition) is 2. The van der Waals surface area contributed by atoms with Gasteiger partial charge < -0.3 is 15.1 Å². The lowest BCUT2D eigenvalue weighted by atomic mass is 10.2. The van der Waals surface area contributed by atoms with E-state index in [1.807, 2.05) is 30.3 Å². The van der Waals surface area contributed by atoms with E-state index in [1.54, 1.807) is 24.5 Å². The predicted octanol–water partition coefficient (Wildman–Crippen LogP) is 5.01. The Morgan fingerprint density at radius 1 is 1.12 bits per heavy atom. The topological polar surface area (TPSA) is 67.2 Å². The molecule has 0 aliphatic rings. The molecule has 2 amide bonds. The van der Waals surface area contributed by atoms with Gasteiger partial charge in [0.1, 0.15) is 6.26 Å². The van der Waals surface area contributed by atoms with E-state index in [0.717, 1.165) is 11.3 Å². The Hall–Kier alpha value is -2.50. The van der Waals surface area contributed by atoms with Crippen LogP contribution in [0.15, 0.2) is 59.2 Å². The van der Waals surface area contributed by atoms with Crippen LogP contribution >= 0.6 is 23.2 Å². The summed E-state index contributed by atoms with van der Waals surface area (Å²) in [6.45, 7) is 0.408. The Balaban J connectivity index is 1.50. The SMILES string of the molecule is O=C(NCCc1coc(-c2ccccc2)n1)Nc1cc(Cl)ccc1Cl. The molecule has 0 bridgehead atoms. The molecule has 0 aliphatic heterocycles. The molecule has 0 saturated heterocycles. The first-order chi connectivity index (χ1) is 12.1. The normalized spacial score (nSPS) is 10.5. The van der Waals surface area contributed by atoms with Gasteiger partial charge >= 0.3 is 6.03 Å². The van der Waals surface area contributed by atoms with Crippen molar-refractivity contribution in [2.24, 2.45) is 0 Å². The Morgan fingerprint density at radius 2 is 1.92 bits per heavy atom. The molecule has 3 aromatic rings. The monoisotopic (exact) mass is 375 g/mol. The van der Waals surface area contributed by atoms with E-state index >= 15 is 0 Å². The number of halogens is 2. The van der Waals surface area contributed by atoms with Crippen LogP contribution in [0.2, 0.25) is 10.0 Å². The van der Waals surface area contributed by atoms with Gasteiger partial charge in [0.25, 0.3) is 0 Å². The summed E-state index contributed by atoms with van der Waals surface area (Å²) in [6.07, 6.45) is 2.14. The fraction of sp³-hybridized carbons (Fsp3) is 0.111. The summed E-state index contributed by atoms with van der Waals surface area (Å²) in [5.74, 6) is 0.561. The summed E-state index contributed by atoms with van der Waals surface area (Å²) in [6, 6.07) is 14.1. The van der Waals surface area contributed by atoms with Gasteiger partial charge in [-0.15, -0.1) is 0 Å². The van der Waals surface area contributed by atoms with E-state index in [9.17, 15) is 4.79 Å². The average molecular weight is 376 g/mol. The highest BCUT2D eigenvalue weighted by Crippen LogP contribution is 2.25. The van der Waals surface area contributed by atoms with Gasteiger partial charge in [0.15, 0.2) is 0 Å². The molecule has 0 unspecified atom stereocenters. The van der Waals surface area contributed by atoms with Gasteiger partial charge in [0, 0.05) is 23.6 Å². The fourth-order valence-corrected chi connectivity index (χ4v) is 2.54. The number of oxazole rings is 1. The van der Waals surface area contributed by atoms with Crippen LogP contribution < -0.4 is 10.6 Å². The molecule has 0 atom stereocenters. The summed E-state index contributed by atoms with van der Waals surface area (Å²) in [7, 11) is 0. The lowest BCUT2D eigenvalue weighted by molar-refractivity contribution is 0.252. The van der Waals surface area contributed by atoms with Crippen molar-refractivity contribution in [1.82, 2.24) is 10.3 Å². The van der Waals surface area contributed by atoms with Crippen LogP contribution in [-0.2, 0) is 6.42 Å². The van der Waals surface area contributed by atoms with Gasteiger partial charge in [-0.2, -0.15) is 0 Å². The maximum atomic E-state index is 11.9. The van der Waals surface area contributed by atoms with Crippen molar-refractivity contribution in [3.05, 3.63) is 70.5 Å². The van der Waals surface area contributed by atoms with Crippen molar-refractivity contribution < 1.29 is 9.21 Å². The molecule has 0 radical (unpaired) electrons. The molecule has 0 saturated carbocycles. The van der Waals surface area contributed by atoms with E-state index < -0.39 is 0 Å². The lowest BCUT2D eigenvalue weighted by Gasteiger charge is -2.08. The minimum Gasteiger partial charge on any atom is -0.444 e. The number of carbonyl (C=O) groups excluding carboxylic acids is 1. The largest absolute Gasteiger partial charge is 0.444 e. The summed E-state index contributed by atoms with van der Waals surface area (Å²) >= 11 is 11.9. The summed E-state index contributed by atoms with van der Waals surface area (Å²) in [5.41, 5.74) is 2.13. The Labute approximate surface area is 155 Å². The number of nitrogens with zero attached hydrogens (tertiary/aromatic N) is 1. The maximum absolute atomic E-state index is 11.9. The minimum absolute atomic E-state index is 0.365. The molecule has 2 N–H and O–H groups in total. The van der Waals surface area contributed by atoms with Gasteiger partial charge in [-0.3, -0.25) is 0 Å². The van der Waals surface area contributed by atoms with E-state index in [1.165, 1.54) is 0 Å². The lowest BCUT2D eigenvalue weighted by Crippen LogP contribution is -2.30. The molecule has 0 fully saturated rings. The number of nitrogens with one attached hydrogen (secondary N) is 2. The Bertz CT molecular complexity index is 866. The molecular formula is C18H15Cl2N3O2. The van der Waals surface area contributed by atoms with E-state index in [4.69, 9.17) is 27.6 Å². The first-order valence-corrected chi connectivity index (χ1v) is 8.37. The van der Waals surface area contributed by atoms with Gasteiger partial charge in [-0.1, -0.05) is 41.4 Å². The van der Waals surface area contributed by atoms with Crippen LogP contribution in [0.25, 0.3) is 11.5 Å². The number of anilines is 1. The number of rotatable bonds is 5. The summed E-state index contributed by atoms with van der Waals surface area (Å²) < 4.78 is 5.46. The zero-order chi connectivity index (χ0) is 17.6. The smallest absolute Gasteiger partial charge is 0.319 e. The van der Waals surface area contributed by atoms with Gasteiger partial charge in [0.2, 0.25) is 5.89 Å². The molecule has 25 heavy (non-hydrogen) atoms. The van der Waals surface area contributed by atoms with Crippen LogP contribution in [0, 0.1) is 0 Å². The van der Waals surface area contributed by atoms with Crippen molar-refractivity contribution in [2.45, 2.75) is 6.42 Å². The number of urea groups is 1. The zero-order valence-corrected chi connectivity index (χ0v) is 14.6. The first kappa shape index (κ1) is 17.3. The molecule has 0 spiro atoms. The highest BCUT2D eigenvalue weighted by molar-refractivity contribution is 6.35. The quantitative estimate of drug-likeness (QED) is 0.658. The van der Waals surface area contributed by atoms with Crippen molar-refractivity contribution in [2.75, 3.05) is 11.9 Å². The van der Waals surface area contributed by atoms with Crippen LogP contribution in [0.1, 0.15) is 5.69 Å². The van der Waals surface area contributed by atoms with Crippen molar-refractivity contribution in [3.8, 4) is 11.5 Å². The minimum atomic E-state index is -0.365. The van der Waals surface area contributed by atoms with E-state index in [-0.39, 0.29) is 6.03 Å². The molecular weight excluding hydrogens is 361 g/mol. The molecule has 5 nitrogen and oxygen atoms in total. The van der Waals surface area contributed by atoms with Crippen molar-refractivity contribution in [1.29, 1.82) is 0 Å². The molecule has 1 heterocycles. The van der Waals surface area contributed by atoms with Crippen LogP contribution in [0.5, 0.6) is 0 Å². The number of aromatic nitrogens is 1. The molecule has 128 valence electrons. The third-order valence-electron chi connectivity index (χ3n) is 3.42. The Morgan fingerprint density at radius 3 is 2.72 bits per heavy atom. The van der Waals surface area contributed by atoms with Crippen LogP contribution in [0.3, 0.4) is 0 Å². The third kappa shape index (κ3) is 4.75. The number of amides is 2. The second-order valence-electron chi connectivity index (χ2n) is 5.27. The molecule has 3 rings (SSSR count). The van der Waals surface area contributed by atoms with Crippen LogP contribution in [-0.4, -0.2) is 17.6 Å². The number of carbonyl (C=O) groups is 1. The molecule has 0 aliphatic carbocycles. The van der Waals surface area contributed by atoms with Gasteiger partial charge in [0.05, 0.1) is 16.4 Å². The second kappa shape index (κ2) is 8.05. The fourth-order valence-electron chi connectivity index (χ4n) is 2.20. The molecule has 1 aromatic heterocycles. The van der Waals surface area contributed by atoms with Gasteiger partial charge in [-0.25, -0.2) is 9.78 Å². The van der Waals surface area contributed by atoms with Crippen LogP contribution in [0.4, 0.5) is 10.5 Å². The molecule has 7 heteroatoms. The van der Waals surface area contributed by atoms with Crippen molar-refractivity contribution >= 4 is 34.9 Å². The predicted molar refractivity (Wildman–Crippen MR) is 99.1 cm³/mol. The Kier molecular flexibility index (Phi) is 5.58. The zero-order valence-electron chi connectivity index (χ0n) is 13.1. The summed E-state index contributed by atoms with van der Waals surface area (Å²) in [5, 5.41) is 6.32. The highest BCUT2D eigenvalue weighted by Gasteiger charge is 2.08. The number of benzene rings is 2. The van der Waals surface area contributed by atoms with E-state index in [2.05, 4.69) is 15.6 Å². The van der Waals surface area contributed by atoms with E-state index in [0.29, 0.717) is 34.6 Å². The maximum Gasteiger partial charge on any atom is 0.319 e. The average Bonchev–Trinajstić information content (AvgIpc) is 3.08.